The highest BCUT2D eigenvalue weighted by atomic mass is 16.5. The first-order chi connectivity index (χ1) is 61.9. The van der Waals surface area contributed by atoms with Gasteiger partial charge in [-0.25, -0.2) is 0 Å². The zero-order valence-electron chi connectivity index (χ0n) is 101. The number of hydrogen-bond donors (Lipinski definition) is 0. The summed E-state index contributed by atoms with van der Waals surface area (Å²) >= 11 is 0. The van der Waals surface area contributed by atoms with Gasteiger partial charge in [0.15, 0.2) is 0 Å². The standard InChI is InChI=1S/3C12H24.C11H23N.2C11H22.C10H22N2.C10H20O.2C10H20.C9H16N2.C9H18/c1-9(2)11-5-7-12(8-6-11)10(3)4;1-9(2)11-6-5-7-12(8-11)10(3)4;1-9(2)11-7-5-6-8-12(11)10(3)4;1-9(2)11-5-7-12(8-6-11)10(3)4;1-8(2)10-5-6-11(7-10)9(3)4;1-8(2)10-6-5-7-11(10)9(3)4;1-9(2)11-5-7-12(8-6-11)10(3)4;1-7(2)9-5-11-6-10(9)8(3)4;1-7(2)9-5-10(6-9)8(3)4;1-7(2)9-5-6-10(9)8(3)4;1-6(2)8-5-9(7(3)4)11-10-8;1-6(2)8-5-9(8)7(3)4/h3*9-12H,5-8H2,1-4H3;9-11H,5-8H2,1-4H3;2*8-11H,5-7H2,1-4H3;9-10H,5-8H2,1-4H3;7-10H,5-6H2,1-4H3;2*7-10H,5-6H2,1-4H3;6-7H,5H2,1-4H3;6-9H,5H2,1-4H3. The Labute approximate surface area is 842 Å². The van der Waals surface area contributed by atoms with Crippen molar-refractivity contribution in [2.75, 3.05) is 52.5 Å². The minimum Gasteiger partial charge on any atom is -0.381 e. The molecule has 0 radical (unpaired) electrons. The van der Waals surface area contributed by atoms with Crippen LogP contribution in [0.2, 0.25) is 0 Å². The number of ether oxygens (including phenoxy) is 1. The van der Waals surface area contributed by atoms with Crippen LogP contribution in [0.25, 0.3) is 0 Å². The van der Waals surface area contributed by atoms with Crippen molar-refractivity contribution in [3.8, 4) is 0 Å². The third-order valence-electron chi connectivity index (χ3n) is 37.4. The molecule has 14 unspecified atom stereocenters. The summed E-state index contributed by atoms with van der Waals surface area (Å²) in [5.74, 6) is 37.3. The van der Waals surface area contributed by atoms with Gasteiger partial charge in [0.25, 0.3) is 0 Å². The molecule has 794 valence electrons. The average molecular weight is 1870 g/mol. The van der Waals surface area contributed by atoms with E-state index in [9.17, 15) is 0 Å². The van der Waals surface area contributed by atoms with Crippen molar-refractivity contribution >= 4 is 11.4 Å². The molecule has 0 N–H and O–H groups in total. The molecule has 0 aromatic rings. The minimum atomic E-state index is 0.551. The summed E-state index contributed by atoms with van der Waals surface area (Å²) in [6.45, 7) is 122. The molecular weight excluding hydrogens is 1610 g/mol. The van der Waals surface area contributed by atoms with Gasteiger partial charge in [-0.3, -0.25) is 9.80 Å². The number of hydrogen-bond acceptors (Lipinski definition) is 6. The molecule has 133 heavy (non-hydrogen) atoms. The Morgan fingerprint density at radius 3 is 0.586 bits per heavy atom. The van der Waals surface area contributed by atoms with E-state index in [0.717, 1.165) is 263 Å². The van der Waals surface area contributed by atoms with E-state index in [0.29, 0.717) is 11.8 Å². The van der Waals surface area contributed by atoms with Crippen molar-refractivity contribution in [1.29, 1.82) is 0 Å². The summed E-state index contributed by atoms with van der Waals surface area (Å²) in [4.78, 5) is 7.70. The van der Waals surface area contributed by atoms with Gasteiger partial charge < -0.3 is 9.64 Å². The van der Waals surface area contributed by atoms with Crippen molar-refractivity contribution in [2.24, 2.45) is 247 Å². The maximum atomic E-state index is 5.49. The summed E-state index contributed by atoms with van der Waals surface area (Å²) in [6, 6.07) is 2.19. The van der Waals surface area contributed by atoms with Crippen LogP contribution in [-0.4, -0.2) is 96.7 Å². The fourth-order valence-corrected chi connectivity index (χ4v) is 25.4. The van der Waals surface area contributed by atoms with Crippen molar-refractivity contribution in [2.45, 2.75) is 517 Å². The second-order valence-electron chi connectivity index (χ2n) is 54.9. The SMILES string of the molecule is CC(C)C1=NN=C(C(C)C)C1.CC(C)C1CC(C(C)C)C1.CC(C)C1CC1C(C)C.CC(C)C1CCC(C(C)C)C1.CC(C)C1CCC(C(C)C)CC1.CC(C)C1CCC1C(C)C.CC(C)C1CCCC(C(C)C)C1.CC(C)C1CCCC1C(C)C.CC(C)C1CCCCC1C(C)C.CC(C)C1CCN(C(C)C)CC1.CC(C)C1COCC1C(C)C.CC(C)N1CCN(C(C)C)CC1. The summed E-state index contributed by atoms with van der Waals surface area (Å²) in [6.07, 6.45) is 38.0. The molecule has 14 atom stereocenters. The Hall–Kier alpha value is -0.820. The first kappa shape index (κ1) is 130. The highest BCUT2D eigenvalue weighted by molar-refractivity contribution is 6.08. The molecule has 0 aromatic heterocycles. The Kier molecular flexibility index (Phi) is 67.0. The first-order valence-corrected chi connectivity index (χ1v) is 59.8. The van der Waals surface area contributed by atoms with Crippen molar-refractivity contribution < 1.29 is 4.74 Å². The maximum Gasteiger partial charge on any atom is 0.0500 e. The number of likely N-dealkylation sites (tertiary alicyclic amines) is 1. The minimum absolute atomic E-state index is 0.551. The van der Waals surface area contributed by atoms with E-state index in [1.165, 1.54) is 211 Å². The number of piperazine rings is 1. The van der Waals surface area contributed by atoms with E-state index < -0.39 is 0 Å². The monoisotopic (exact) mass is 1870 g/mol. The molecule has 12 rings (SSSR count). The van der Waals surface area contributed by atoms with E-state index in [2.05, 4.69) is 357 Å². The molecular formula is C127H255N5O. The molecule has 8 saturated carbocycles. The fourth-order valence-electron chi connectivity index (χ4n) is 25.4. The Bertz CT molecular complexity index is 2520. The summed E-state index contributed by atoms with van der Waals surface area (Å²) in [7, 11) is 0. The van der Waals surface area contributed by atoms with Gasteiger partial charge in [-0.1, -0.05) is 329 Å². The van der Waals surface area contributed by atoms with Crippen LogP contribution >= 0.6 is 0 Å². The Morgan fingerprint density at radius 2 is 0.383 bits per heavy atom. The van der Waals surface area contributed by atoms with Crippen LogP contribution in [0.4, 0.5) is 0 Å². The summed E-state index contributed by atoms with van der Waals surface area (Å²) in [5.41, 5.74) is 2.46. The quantitative estimate of drug-likeness (QED) is 0.0966. The van der Waals surface area contributed by atoms with Crippen molar-refractivity contribution in [3.63, 3.8) is 0 Å². The number of rotatable bonds is 24. The fraction of sp³-hybridized carbons (Fsp3) is 0.984. The molecule has 0 amide bonds. The molecule has 3 saturated heterocycles. The number of piperidine rings is 1. The topological polar surface area (TPSA) is 43.7 Å². The van der Waals surface area contributed by atoms with E-state index >= 15 is 0 Å². The number of nitrogens with zero attached hydrogens (tertiary/aromatic N) is 5. The molecule has 4 aliphatic heterocycles. The van der Waals surface area contributed by atoms with E-state index in [-0.39, 0.29) is 0 Å². The van der Waals surface area contributed by atoms with Crippen LogP contribution in [0.1, 0.15) is 499 Å². The molecule has 4 heterocycles. The van der Waals surface area contributed by atoms with Crippen LogP contribution < -0.4 is 0 Å². The highest BCUT2D eigenvalue weighted by Gasteiger charge is 2.42. The predicted molar refractivity (Wildman–Crippen MR) is 604 cm³/mol. The van der Waals surface area contributed by atoms with E-state index in [1.54, 1.807) is 0 Å². The van der Waals surface area contributed by atoms with Gasteiger partial charge in [-0.15, -0.1) is 0 Å². The second kappa shape index (κ2) is 68.5. The third-order valence-corrected chi connectivity index (χ3v) is 37.4. The van der Waals surface area contributed by atoms with Gasteiger partial charge in [0, 0.05) is 75.4 Å². The predicted octanol–water partition coefficient (Wildman–Crippen LogP) is 38.6. The van der Waals surface area contributed by atoms with Gasteiger partial charge in [0.05, 0.1) is 0 Å². The largest absolute Gasteiger partial charge is 0.381 e. The Morgan fingerprint density at radius 1 is 0.180 bits per heavy atom. The zero-order chi connectivity index (χ0) is 102. The molecule has 12 aliphatic rings. The van der Waals surface area contributed by atoms with Gasteiger partial charge in [-0.2, -0.15) is 10.2 Å². The van der Waals surface area contributed by atoms with Gasteiger partial charge in [0.1, 0.15) is 0 Å². The molecule has 0 bridgehead atoms. The maximum absolute atomic E-state index is 5.49. The lowest BCUT2D eigenvalue weighted by atomic mass is 9.64. The molecule has 6 heteroatoms. The lowest BCUT2D eigenvalue weighted by molar-refractivity contribution is 0.0793. The van der Waals surface area contributed by atoms with Gasteiger partial charge in [0.2, 0.25) is 0 Å². The van der Waals surface area contributed by atoms with E-state index in [4.69, 9.17) is 4.74 Å². The van der Waals surface area contributed by atoms with Crippen LogP contribution in [0, 0.1) is 237 Å². The van der Waals surface area contributed by atoms with Crippen LogP contribution in [0.3, 0.4) is 0 Å². The smallest absolute Gasteiger partial charge is 0.0500 e. The average Bonchev–Trinajstić information content (AvgIpc) is 1.66. The molecule has 0 aromatic carbocycles. The molecule has 6 nitrogen and oxygen atoms in total. The van der Waals surface area contributed by atoms with E-state index in [1.807, 2.05) is 0 Å². The third kappa shape index (κ3) is 51.0. The summed E-state index contributed by atoms with van der Waals surface area (Å²) < 4.78 is 5.49. The summed E-state index contributed by atoms with van der Waals surface area (Å²) in [5, 5.41) is 8.28. The normalized spacial score (nSPS) is 29.3. The zero-order valence-corrected chi connectivity index (χ0v) is 101. The van der Waals surface area contributed by atoms with Gasteiger partial charge in [-0.05, 0) is 413 Å². The van der Waals surface area contributed by atoms with Crippen LogP contribution in [0.5, 0.6) is 0 Å². The molecule has 11 fully saturated rings. The lowest BCUT2D eigenvalue weighted by Crippen LogP contribution is -2.50. The first-order valence-electron chi connectivity index (χ1n) is 59.8. The van der Waals surface area contributed by atoms with Crippen LogP contribution in [-0.2, 0) is 4.74 Å². The van der Waals surface area contributed by atoms with Crippen molar-refractivity contribution in [3.05, 3.63) is 0 Å². The van der Waals surface area contributed by atoms with Crippen LogP contribution in [0.15, 0.2) is 10.2 Å². The van der Waals surface area contributed by atoms with Gasteiger partial charge >= 0.3 is 0 Å². The highest BCUT2D eigenvalue weighted by Crippen LogP contribution is 2.50. The van der Waals surface area contributed by atoms with Crippen molar-refractivity contribution in [1.82, 2.24) is 14.7 Å². The lowest BCUT2D eigenvalue weighted by Gasteiger charge is -2.42. The second-order valence-corrected chi connectivity index (χ2v) is 54.9. The molecule has 0 spiro atoms. The molecule has 8 aliphatic carbocycles. The Balaban J connectivity index is 0.000000726.